The van der Waals surface area contributed by atoms with E-state index in [-0.39, 0.29) is 0 Å². The fourth-order valence-electron chi connectivity index (χ4n) is 2.49. The summed E-state index contributed by atoms with van der Waals surface area (Å²) in [5.41, 5.74) is 0. The van der Waals surface area contributed by atoms with Crippen LogP contribution < -0.4 is 5.32 Å². The molecular weight excluding hydrogens is 308 g/mol. The van der Waals surface area contributed by atoms with Crippen molar-refractivity contribution in [3.8, 4) is 0 Å². The zero-order valence-corrected chi connectivity index (χ0v) is 13.7. The van der Waals surface area contributed by atoms with Crippen molar-refractivity contribution >= 4 is 27.3 Å². The smallest absolute Gasteiger partial charge is 0.0331 e. The first-order valence-electron chi connectivity index (χ1n) is 6.83. The van der Waals surface area contributed by atoms with E-state index in [1.165, 1.54) is 41.8 Å². The lowest BCUT2D eigenvalue weighted by Crippen LogP contribution is -2.38. The van der Waals surface area contributed by atoms with Crippen LogP contribution in [0.15, 0.2) is 15.9 Å². The SMILES string of the molecule is CC(C)N(Cc1cc(Br)cs1)CC1CCNCC1. The second-order valence-electron chi connectivity index (χ2n) is 5.45. The van der Waals surface area contributed by atoms with E-state index in [0.717, 1.165) is 12.5 Å². The Kier molecular flexibility index (Phi) is 5.67. The molecule has 1 aliphatic rings. The number of rotatable bonds is 5. The monoisotopic (exact) mass is 330 g/mol. The fourth-order valence-corrected chi connectivity index (χ4v) is 3.97. The number of hydrogen-bond donors (Lipinski definition) is 1. The molecule has 102 valence electrons. The molecule has 0 unspecified atom stereocenters. The van der Waals surface area contributed by atoms with Crippen LogP contribution >= 0.6 is 27.3 Å². The van der Waals surface area contributed by atoms with Gasteiger partial charge in [-0.3, -0.25) is 4.90 Å². The van der Waals surface area contributed by atoms with E-state index in [2.05, 4.69) is 51.4 Å². The van der Waals surface area contributed by atoms with Gasteiger partial charge < -0.3 is 5.32 Å². The molecular formula is C14H23BrN2S. The van der Waals surface area contributed by atoms with Gasteiger partial charge in [-0.1, -0.05) is 0 Å². The number of thiophene rings is 1. The van der Waals surface area contributed by atoms with Gasteiger partial charge in [-0.15, -0.1) is 11.3 Å². The molecule has 0 radical (unpaired) electrons. The second-order valence-corrected chi connectivity index (χ2v) is 7.36. The standard InChI is InChI=1S/C14H23BrN2S/c1-11(2)17(8-12-3-5-16-6-4-12)9-14-7-13(15)10-18-14/h7,10-12,16H,3-6,8-9H2,1-2H3. The highest BCUT2D eigenvalue weighted by atomic mass is 79.9. The summed E-state index contributed by atoms with van der Waals surface area (Å²) in [6.07, 6.45) is 2.66. The van der Waals surface area contributed by atoms with Gasteiger partial charge in [0.2, 0.25) is 0 Å². The van der Waals surface area contributed by atoms with E-state index in [1.807, 2.05) is 11.3 Å². The summed E-state index contributed by atoms with van der Waals surface area (Å²) < 4.78 is 1.22. The van der Waals surface area contributed by atoms with Crippen LogP contribution in [-0.4, -0.2) is 30.6 Å². The van der Waals surface area contributed by atoms with Crippen molar-refractivity contribution in [3.63, 3.8) is 0 Å². The predicted octanol–water partition coefficient (Wildman–Crippen LogP) is 3.72. The first-order chi connectivity index (χ1) is 8.65. The van der Waals surface area contributed by atoms with Crippen LogP contribution in [0.1, 0.15) is 31.6 Å². The van der Waals surface area contributed by atoms with Crippen molar-refractivity contribution < 1.29 is 0 Å². The molecule has 0 amide bonds. The predicted molar refractivity (Wildman–Crippen MR) is 83.2 cm³/mol. The maximum Gasteiger partial charge on any atom is 0.0331 e. The highest BCUT2D eigenvalue weighted by molar-refractivity contribution is 9.10. The normalized spacial score (nSPS) is 17.8. The molecule has 0 aromatic carbocycles. The number of nitrogens with one attached hydrogen (secondary N) is 1. The van der Waals surface area contributed by atoms with E-state index in [0.29, 0.717) is 6.04 Å². The van der Waals surface area contributed by atoms with Gasteiger partial charge in [0.05, 0.1) is 0 Å². The average molecular weight is 331 g/mol. The molecule has 2 nitrogen and oxygen atoms in total. The van der Waals surface area contributed by atoms with Gasteiger partial charge in [-0.05, 0) is 67.7 Å². The van der Waals surface area contributed by atoms with Crippen molar-refractivity contribution in [3.05, 3.63) is 20.8 Å². The van der Waals surface area contributed by atoms with Crippen LogP contribution in [0.5, 0.6) is 0 Å². The molecule has 2 heterocycles. The summed E-state index contributed by atoms with van der Waals surface area (Å²) in [4.78, 5) is 4.08. The number of piperidine rings is 1. The Balaban J connectivity index is 1.90. The van der Waals surface area contributed by atoms with Crippen LogP contribution in [0.25, 0.3) is 0 Å². The lowest BCUT2D eigenvalue weighted by Gasteiger charge is -2.32. The number of hydrogen-bond acceptors (Lipinski definition) is 3. The molecule has 1 N–H and O–H groups in total. The van der Waals surface area contributed by atoms with Crippen LogP contribution in [0.3, 0.4) is 0 Å². The maximum absolute atomic E-state index is 3.54. The van der Waals surface area contributed by atoms with Crippen LogP contribution in [0.2, 0.25) is 0 Å². The Morgan fingerprint density at radius 2 is 2.17 bits per heavy atom. The molecule has 1 saturated heterocycles. The molecule has 0 saturated carbocycles. The molecule has 1 aromatic heterocycles. The summed E-state index contributed by atoms with van der Waals surface area (Å²) >= 11 is 5.40. The van der Waals surface area contributed by atoms with Gasteiger partial charge in [0.1, 0.15) is 0 Å². The molecule has 0 atom stereocenters. The van der Waals surface area contributed by atoms with E-state index >= 15 is 0 Å². The Bertz CT molecular complexity index is 358. The lowest BCUT2D eigenvalue weighted by atomic mass is 9.97. The van der Waals surface area contributed by atoms with Gasteiger partial charge in [0, 0.05) is 33.9 Å². The van der Waals surface area contributed by atoms with E-state index in [9.17, 15) is 0 Å². The number of nitrogens with zero attached hydrogens (tertiary/aromatic N) is 1. The molecule has 0 aliphatic carbocycles. The topological polar surface area (TPSA) is 15.3 Å². The number of halogens is 1. The Morgan fingerprint density at radius 1 is 1.44 bits per heavy atom. The van der Waals surface area contributed by atoms with E-state index < -0.39 is 0 Å². The molecule has 1 aromatic rings. The Morgan fingerprint density at radius 3 is 2.72 bits per heavy atom. The van der Waals surface area contributed by atoms with E-state index in [4.69, 9.17) is 0 Å². The summed E-state index contributed by atoms with van der Waals surface area (Å²) in [5.74, 6) is 0.872. The summed E-state index contributed by atoms with van der Waals surface area (Å²) in [6.45, 7) is 9.35. The van der Waals surface area contributed by atoms with Crippen LogP contribution in [0.4, 0.5) is 0 Å². The molecule has 18 heavy (non-hydrogen) atoms. The van der Waals surface area contributed by atoms with Crippen molar-refractivity contribution in [2.24, 2.45) is 5.92 Å². The average Bonchev–Trinajstić information content (AvgIpc) is 2.75. The minimum Gasteiger partial charge on any atom is -0.317 e. The van der Waals surface area contributed by atoms with Crippen molar-refractivity contribution in [1.29, 1.82) is 0 Å². The zero-order chi connectivity index (χ0) is 13.0. The van der Waals surface area contributed by atoms with E-state index in [1.54, 1.807) is 0 Å². The third kappa shape index (κ3) is 4.34. The lowest BCUT2D eigenvalue weighted by molar-refractivity contribution is 0.163. The molecule has 1 aliphatic heterocycles. The van der Waals surface area contributed by atoms with Crippen molar-refractivity contribution in [2.75, 3.05) is 19.6 Å². The van der Waals surface area contributed by atoms with Crippen molar-refractivity contribution in [2.45, 2.75) is 39.3 Å². The highest BCUT2D eigenvalue weighted by Crippen LogP contribution is 2.23. The second kappa shape index (κ2) is 7.04. The van der Waals surface area contributed by atoms with Gasteiger partial charge in [0.25, 0.3) is 0 Å². The van der Waals surface area contributed by atoms with Gasteiger partial charge in [0.15, 0.2) is 0 Å². The van der Waals surface area contributed by atoms with Gasteiger partial charge in [-0.2, -0.15) is 0 Å². The molecule has 0 bridgehead atoms. The first kappa shape index (κ1) is 14.5. The summed E-state index contributed by atoms with van der Waals surface area (Å²) in [7, 11) is 0. The molecule has 4 heteroatoms. The quantitative estimate of drug-likeness (QED) is 0.885. The fraction of sp³-hybridized carbons (Fsp3) is 0.714. The zero-order valence-electron chi connectivity index (χ0n) is 11.3. The maximum atomic E-state index is 3.54. The molecule has 2 rings (SSSR count). The van der Waals surface area contributed by atoms with Crippen LogP contribution in [0, 0.1) is 5.92 Å². The third-order valence-electron chi connectivity index (χ3n) is 3.66. The first-order valence-corrected chi connectivity index (χ1v) is 8.50. The summed E-state index contributed by atoms with van der Waals surface area (Å²) in [5, 5.41) is 5.63. The Hall–Kier alpha value is 0.1000. The molecule has 0 spiro atoms. The largest absolute Gasteiger partial charge is 0.317 e. The third-order valence-corrected chi connectivity index (χ3v) is 5.34. The molecule has 1 fully saturated rings. The highest BCUT2D eigenvalue weighted by Gasteiger charge is 2.19. The van der Waals surface area contributed by atoms with Crippen LogP contribution in [-0.2, 0) is 6.54 Å². The minimum absolute atomic E-state index is 0.626. The van der Waals surface area contributed by atoms with Crippen molar-refractivity contribution in [1.82, 2.24) is 10.2 Å². The Labute approximate surface area is 123 Å². The van der Waals surface area contributed by atoms with Gasteiger partial charge in [-0.25, -0.2) is 0 Å². The minimum atomic E-state index is 0.626. The summed E-state index contributed by atoms with van der Waals surface area (Å²) in [6, 6.07) is 2.88. The van der Waals surface area contributed by atoms with Gasteiger partial charge >= 0.3 is 0 Å².